The monoisotopic (exact) mass is 303 g/mol. The summed E-state index contributed by atoms with van der Waals surface area (Å²) in [5.41, 5.74) is 8.28. The van der Waals surface area contributed by atoms with Crippen LogP contribution in [-0.2, 0) is 5.54 Å². The van der Waals surface area contributed by atoms with Crippen molar-refractivity contribution >= 4 is 11.6 Å². The molecule has 112 valence electrons. The fraction of sp³-hybridized carbons (Fsp3) is 0.471. The molecule has 1 aromatic carbocycles. The topological polar surface area (TPSA) is 43.8 Å². The van der Waals surface area contributed by atoms with Crippen molar-refractivity contribution in [2.75, 3.05) is 6.54 Å². The van der Waals surface area contributed by atoms with Gasteiger partial charge in [-0.05, 0) is 24.8 Å². The molecular formula is C17H22ClN3. The lowest BCUT2D eigenvalue weighted by Crippen LogP contribution is -2.48. The van der Waals surface area contributed by atoms with Crippen LogP contribution < -0.4 is 5.73 Å². The van der Waals surface area contributed by atoms with E-state index in [2.05, 4.69) is 16.5 Å². The molecule has 0 spiro atoms. The van der Waals surface area contributed by atoms with E-state index in [-0.39, 0.29) is 5.54 Å². The fourth-order valence-electron chi connectivity index (χ4n) is 3.67. The maximum Gasteiger partial charge on any atom is 0.0956 e. The summed E-state index contributed by atoms with van der Waals surface area (Å²) in [6.45, 7) is 2.95. The predicted molar refractivity (Wildman–Crippen MR) is 87.3 cm³/mol. The van der Waals surface area contributed by atoms with E-state index in [4.69, 9.17) is 17.3 Å². The third-order valence-electron chi connectivity index (χ3n) is 5.04. The standard InChI is InChI=1S/C17H22ClN3/c1-13-6-4-5-9-17(13,11-19)21-12-20-10-16(21)14-7-2-3-8-15(14)18/h2-3,7-8,10,12-13H,4-6,9,11,19H2,1H3. The molecule has 3 nitrogen and oxygen atoms in total. The maximum atomic E-state index is 6.38. The van der Waals surface area contributed by atoms with E-state index in [0.29, 0.717) is 12.5 Å². The van der Waals surface area contributed by atoms with Gasteiger partial charge in [-0.2, -0.15) is 0 Å². The minimum Gasteiger partial charge on any atom is -0.328 e. The Labute approximate surface area is 131 Å². The quantitative estimate of drug-likeness (QED) is 0.929. The van der Waals surface area contributed by atoms with Crippen LogP contribution in [0.3, 0.4) is 0 Å². The molecule has 21 heavy (non-hydrogen) atoms. The van der Waals surface area contributed by atoms with Crippen molar-refractivity contribution in [1.82, 2.24) is 9.55 Å². The third kappa shape index (κ3) is 2.39. The lowest BCUT2D eigenvalue weighted by atomic mass is 9.73. The molecule has 0 bridgehead atoms. The summed E-state index contributed by atoms with van der Waals surface area (Å²) in [7, 11) is 0. The molecule has 2 atom stereocenters. The summed E-state index contributed by atoms with van der Waals surface area (Å²) < 4.78 is 2.28. The smallest absolute Gasteiger partial charge is 0.0956 e. The van der Waals surface area contributed by atoms with Gasteiger partial charge in [-0.15, -0.1) is 0 Å². The Morgan fingerprint density at radius 1 is 1.38 bits per heavy atom. The molecule has 1 aliphatic rings. The molecule has 2 unspecified atom stereocenters. The highest BCUT2D eigenvalue weighted by atomic mass is 35.5. The molecule has 4 heteroatoms. The first kappa shape index (κ1) is 14.6. The zero-order chi connectivity index (χ0) is 14.9. The van der Waals surface area contributed by atoms with Crippen molar-refractivity contribution in [2.45, 2.75) is 38.1 Å². The first-order valence-corrected chi connectivity index (χ1v) is 8.04. The van der Waals surface area contributed by atoms with Gasteiger partial charge in [-0.1, -0.05) is 49.6 Å². The molecule has 0 amide bonds. The van der Waals surface area contributed by atoms with Crippen LogP contribution in [0.15, 0.2) is 36.8 Å². The van der Waals surface area contributed by atoms with Crippen molar-refractivity contribution in [1.29, 1.82) is 0 Å². The van der Waals surface area contributed by atoms with E-state index in [1.165, 1.54) is 19.3 Å². The Hall–Kier alpha value is -1.32. The Bertz CT molecular complexity index is 622. The average Bonchev–Trinajstić information content (AvgIpc) is 2.98. The second-order valence-corrected chi connectivity index (χ2v) is 6.49. The number of benzene rings is 1. The van der Waals surface area contributed by atoms with Gasteiger partial charge in [0.15, 0.2) is 0 Å². The molecule has 3 rings (SSSR count). The predicted octanol–water partition coefficient (Wildman–Crippen LogP) is 4.07. The number of rotatable bonds is 3. The van der Waals surface area contributed by atoms with Crippen LogP contribution in [0.1, 0.15) is 32.6 Å². The van der Waals surface area contributed by atoms with Gasteiger partial charge in [0.05, 0.1) is 23.8 Å². The van der Waals surface area contributed by atoms with Crippen LogP contribution in [0.5, 0.6) is 0 Å². The second-order valence-electron chi connectivity index (χ2n) is 6.08. The van der Waals surface area contributed by atoms with Crippen molar-refractivity contribution in [3.8, 4) is 11.3 Å². The van der Waals surface area contributed by atoms with Crippen LogP contribution in [0.2, 0.25) is 5.02 Å². The van der Waals surface area contributed by atoms with E-state index in [1.807, 2.05) is 36.8 Å². The van der Waals surface area contributed by atoms with Gasteiger partial charge in [-0.3, -0.25) is 0 Å². The van der Waals surface area contributed by atoms with Gasteiger partial charge in [0.1, 0.15) is 0 Å². The first-order valence-electron chi connectivity index (χ1n) is 7.67. The van der Waals surface area contributed by atoms with Crippen LogP contribution in [-0.4, -0.2) is 16.1 Å². The minimum atomic E-state index is -0.0384. The van der Waals surface area contributed by atoms with Crippen LogP contribution in [0.25, 0.3) is 11.3 Å². The summed E-state index contributed by atoms with van der Waals surface area (Å²) in [5, 5.41) is 0.759. The van der Waals surface area contributed by atoms with E-state index < -0.39 is 0 Å². The van der Waals surface area contributed by atoms with Crippen molar-refractivity contribution < 1.29 is 0 Å². The van der Waals surface area contributed by atoms with Crippen molar-refractivity contribution in [2.24, 2.45) is 11.7 Å². The largest absolute Gasteiger partial charge is 0.328 e. The molecule has 0 saturated heterocycles. The van der Waals surface area contributed by atoms with Crippen LogP contribution >= 0.6 is 11.6 Å². The number of nitrogens with two attached hydrogens (primary N) is 1. The minimum absolute atomic E-state index is 0.0384. The van der Waals surface area contributed by atoms with E-state index in [0.717, 1.165) is 22.7 Å². The third-order valence-corrected chi connectivity index (χ3v) is 5.37. The van der Waals surface area contributed by atoms with Gasteiger partial charge >= 0.3 is 0 Å². The Morgan fingerprint density at radius 2 is 2.19 bits per heavy atom. The second kappa shape index (κ2) is 5.82. The molecule has 1 aromatic heterocycles. The summed E-state index contributed by atoms with van der Waals surface area (Å²) in [4.78, 5) is 4.39. The maximum absolute atomic E-state index is 6.38. The molecule has 0 radical (unpaired) electrons. The Kier molecular flexibility index (Phi) is 4.05. The van der Waals surface area contributed by atoms with Gasteiger partial charge in [0.25, 0.3) is 0 Å². The van der Waals surface area contributed by atoms with E-state index in [9.17, 15) is 0 Å². The van der Waals surface area contributed by atoms with Gasteiger partial charge in [-0.25, -0.2) is 4.98 Å². The number of imidazole rings is 1. The highest BCUT2D eigenvalue weighted by molar-refractivity contribution is 6.33. The first-order chi connectivity index (χ1) is 10.2. The Morgan fingerprint density at radius 3 is 2.90 bits per heavy atom. The average molecular weight is 304 g/mol. The Balaban J connectivity index is 2.12. The van der Waals surface area contributed by atoms with Crippen LogP contribution in [0.4, 0.5) is 0 Å². The molecule has 1 saturated carbocycles. The fourth-order valence-corrected chi connectivity index (χ4v) is 3.91. The number of nitrogens with zero attached hydrogens (tertiary/aromatic N) is 2. The molecule has 0 aliphatic heterocycles. The van der Waals surface area contributed by atoms with Gasteiger partial charge in [0, 0.05) is 17.1 Å². The van der Waals surface area contributed by atoms with E-state index in [1.54, 1.807) is 0 Å². The summed E-state index contributed by atoms with van der Waals surface area (Å²) >= 11 is 6.38. The number of hydrogen-bond acceptors (Lipinski definition) is 2. The van der Waals surface area contributed by atoms with Crippen molar-refractivity contribution in [3.63, 3.8) is 0 Å². The highest BCUT2D eigenvalue weighted by Gasteiger charge is 2.39. The summed E-state index contributed by atoms with van der Waals surface area (Å²) in [5.74, 6) is 0.548. The zero-order valence-electron chi connectivity index (χ0n) is 12.4. The summed E-state index contributed by atoms with van der Waals surface area (Å²) in [6.07, 6.45) is 8.67. The van der Waals surface area contributed by atoms with E-state index >= 15 is 0 Å². The number of hydrogen-bond donors (Lipinski definition) is 1. The zero-order valence-corrected chi connectivity index (χ0v) is 13.2. The normalized spacial score (nSPS) is 26.0. The molecule has 1 heterocycles. The molecule has 1 aliphatic carbocycles. The lowest BCUT2D eigenvalue weighted by molar-refractivity contribution is 0.127. The molecule has 1 fully saturated rings. The molecular weight excluding hydrogens is 282 g/mol. The SMILES string of the molecule is CC1CCCCC1(CN)n1cncc1-c1ccccc1Cl. The molecule has 2 N–H and O–H groups in total. The molecule has 2 aromatic rings. The van der Waals surface area contributed by atoms with Gasteiger partial charge in [0.2, 0.25) is 0 Å². The summed E-state index contributed by atoms with van der Waals surface area (Å²) in [6, 6.07) is 7.94. The van der Waals surface area contributed by atoms with Crippen LogP contribution in [0, 0.1) is 5.92 Å². The number of aromatic nitrogens is 2. The van der Waals surface area contributed by atoms with Crippen molar-refractivity contribution in [3.05, 3.63) is 41.8 Å². The lowest BCUT2D eigenvalue weighted by Gasteiger charge is -2.44. The highest BCUT2D eigenvalue weighted by Crippen LogP contribution is 2.42. The van der Waals surface area contributed by atoms with Gasteiger partial charge < -0.3 is 10.3 Å². The number of halogens is 1.